The first-order chi connectivity index (χ1) is 15.0. The minimum atomic E-state index is -0.183. The summed E-state index contributed by atoms with van der Waals surface area (Å²) in [5.74, 6) is 0.193. The second-order valence-electron chi connectivity index (χ2n) is 8.12. The number of fused-ring (bicyclic) bond motifs is 1. The molecule has 1 fully saturated rings. The summed E-state index contributed by atoms with van der Waals surface area (Å²) in [6.45, 7) is 4.21. The van der Waals surface area contributed by atoms with Crippen LogP contribution < -0.4 is 10.6 Å². The van der Waals surface area contributed by atoms with Crippen molar-refractivity contribution >= 4 is 33.9 Å². The van der Waals surface area contributed by atoms with Crippen LogP contribution in [0.3, 0.4) is 0 Å². The molecule has 164 valence electrons. The summed E-state index contributed by atoms with van der Waals surface area (Å²) < 4.78 is 1.81. The highest BCUT2D eigenvalue weighted by Gasteiger charge is 2.20. The van der Waals surface area contributed by atoms with Gasteiger partial charge in [0.25, 0.3) is 5.91 Å². The van der Waals surface area contributed by atoms with E-state index in [1.807, 2.05) is 36.6 Å². The molecule has 1 aliphatic carbocycles. The third kappa shape index (κ3) is 4.92. The lowest BCUT2D eigenvalue weighted by molar-refractivity contribution is -0.116. The maximum absolute atomic E-state index is 12.7. The van der Waals surface area contributed by atoms with Crippen LogP contribution in [0.1, 0.15) is 77.6 Å². The molecule has 3 heterocycles. The number of aromatic nitrogens is 4. The zero-order valence-corrected chi connectivity index (χ0v) is 18.8. The van der Waals surface area contributed by atoms with Gasteiger partial charge in [0, 0.05) is 25.1 Å². The van der Waals surface area contributed by atoms with Crippen molar-refractivity contribution in [3.05, 3.63) is 40.3 Å². The fourth-order valence-electron chi connectivity index (χ4n) is 4.11. The number of carbonyl (C=O) groups is 2. The Morgan fingerprint density at radius 3 is 2.81 bits per heavy atom. The monoisotopic (exact) mass is 440 g/mol. The van der Waals surface area contributed by atoms with Crippen LogP contribution in [-0.4, -0.2) is 37.9 Å². The highest BCUT2D eigenvalue weighted by molar-refractivity contribution is 7.15. The van der Waals surface area contributed by atoms with E-state index in [9.17, 15) is 9.59 Å². The number of rotatable bonds is 7. The Morgan fingerprint density at radius 2 is 2.00 bits per heavy atom. The Bertz CT molecular complexity index is 1080. The van der Waals surface area contributed by atoms with Crippen LogP contribution in [0.25, 0.3) is 5.65 Å². The standard InChI is InChI=1S/C22H28N6O2S/c1-14-8-7-13-28-18(15(2)24-19(14)28)20(30)23-12-6-11-17(29)25-22-27-26-21(31-22)16-9-4-3-5-10-16/h7-8,13,16H,3-6,9-12H2,1-2H3,(H,23,30)(H,25,27,29). The first-order valence-electron chi connectivity index (χ1n) is 10.9. The van der Waals surface area contributed by atoms with E-state index in [1.54, 1.807) is 0 Å². The lowest BCUT2D eigenvalue weighted by Crippen LogP contribution is -2.27. The van der Waals surface area contributed by atoms with Gasteiger partial charge >= 0.3 is 0 Å². The Kier molecular flexibility index (Phi) is 6.60. The molecule has 0 aromatic carbocycles. The Morgan fingerprint density at radius 1 is 1.19 bits per heavy atom. The predicted octanol–water partition coefficient (Wildman–Crippen LogP) is 4.00. The highest BCUT2D eigenvalue weighted by atomic mass is 32.1. The Hall–Kier alpha value is -2.81. The summed E-state index contributed by atoms with van der Waals surface area (Å²) in [6, 6.07) is 3.87. The molecule has 0 saturated heterocycles. The maximum atomic E-state index is 12.7. The zero-order valence-electron chi connectivity index (χ0n) is 18.0. The van der Waals surface area contributed by atoms with Gasteiger partial charge in [-0.15, -0.1) is 10.2 Å². The van der Waals surface area contributed by atoms with Gasteiger partial charge in [-0.05, 0) is 44.7 Å². The lowest BCUT2D eigenvalue weighted by Gasteiger charge is -2.18. The summed E-state index contributed by atoms with van der Waals surface area (Å²) in [4.78, 5) is 29.4. The number of nitrogens with zero attached hydrogens (tertiary/aromatic N) is 4. The maximum Gasteiger partial charge on any atom is 0.270 e. The Labute approximate surface area is 185 Å². The summed E-state index contributed by atoms with van der Waals surface area (Å²) >= 11 is 1.48. The largest absolute Gasteiger partial charge is 0.351 e. The number of pyridine rings is 1. The van der Waals surface area contributed by atoms with Gasteiger partial charge in [0.05, 0.1) is 5.69 Å². The predicted molar refractivity (Wildman–Crippen MR) is 121 cm³/mol. The molecular formula is C22H28N6O2S. The van der Waals surface area contributed by atoms with Crippen molar-refractivity contribution < 1.29 is 9.59 Å². The number of amides is 2. The van der Waals surface area contributed by atoms with E-state index in [0.717, 1.165) is 29.1 Å². The molecule has 4 rings (SSSR count). The average Bonchev–Trinajstić information content (AvgIpc) is 3.36. The fraction of sp³-hybridized carbons (Fsp3) is 0.500. The first kappa shape index (κ1) is 21.4. The number of anilines is 1. The zero-order chi connectivity index (χ0) is 21.8. The van der Waals surface area contributed by atoms with E-state index in [2.05, 4.69) is 25.8 Å². The molecule has 9 heteroatoms. The molecule has 8 nitrogen and oxygen atoms in total. The lowest BCUT2D eigenvalue weighted by atomic mass is 9.90. The van der Waals surface area contributed by atoms with Gasteiger partial charge in [0.2, 0.25) is 11.0 Å². The van der Waals surface area contributed by atoms with Crippen molar-refractivity contribution in [2.75, 3.05) is 11.9 Å². The molecule has 1 saturated carbocycles. The van der Waals surface area contributed by atoms with Gasteiger partial charge in [-0.2, -0.15) is 0 Å². The van der Waals surface area contributed by atoms with Crippen LogP contribution in [0.4, 0.5) is 5.13 Å². The normalized spacial score (nSPS) is 14.6. The summed E-state index contributed by atoms with van der Waals surface area (Å²) in [6.07, 6.45) is 8.80. The third-order valence-corrected chi connectivity index (χ3v) is 6.74. The number of carbonyl (C=O) groups excluding carboxylic acids is 2. The van der Waals surface area contributed by atoms with Gasteiger partial charge in [0.1, 0.15) is 16.3 Å². The molecule has 0 atom stereocenters. The minimum absolute atomic E-state index is 0.109. The Balaban J connectivity index is 1.24. The second kappa shape index (κ2) is 9.55. The molecule has 0 spiro atoms. The van der Waals surface area contributed by atoms with Crippen molar-refractivity contribution in [2.24, 2.45) is 0 Å². The van der Waals surface area contributed by atoms with Crippen molar-refractivity contribution in [1.29, 1.82) is 0 Å². The van der Waals surface area contributed by atoms with Crippen molar-refractivity contribution in [2.45, 2.75) is 64.7 Å². The van der Waals surface area contributed by atoms with E-state index >= 15 is 0 Å². The third-order valence-electron chi connectivity index (χ3n) is 5.74. The number of imidazole rings is 1. The average molecular weight is 441 g/mol. The van der Waals surface area contributed by atoms with Gasteiger partial charge in [-0.25, -0.2) is 4.98 Å². The molecule has 2 N–H and O–H groups in total. The fourth-order valence-corrected chi connectivity index (χ4v) is 5.04. The van der Waals surface area contributed by atoms with E-state index in [4.69, 9.17) is 0 Å². The molecule has 0 unspecified atom stereocenters. The van der Waals surface area contributed by atoms with E-state index in [-0.39, 0.29) is 11.8 Å². The van der Waals surface area contributed by atoms with Gasteiger partial charge < -0.3 is 10.6 Å². The molecule has 3 aromatic rings. The summed E-state index contributed by atoms with van der Waals surface area (Å²) in [7, 11) is 0. The number of hydrogen-bond acceptors (Lipinski definition) is 6. The van der Waals surface area contributed by atoms with E-state index in [0.29, 0.717) is 41.8 Å². The number of nitrogens with one attached hydrogen (secondary N) is 2. The molecule has 0 radical (unpaired) electrons. The highest BCUT2D eigenvalue weighted by Crippen LogP contribution is 2.35. The van der Waals surface area contributed by atoms with Crippen LogP contribution in [-0.2, 0) is 4.79 Å². The summed E-state index contributed by atoms with van der Waals surface area (Å²) in [5, 5.41) is 15.7. The molecular weight excluding hydrogens is 412 g/mol. The molecule has 3 aromatic heterocycles. The smallest absolute Gasteiger partial charge is 0.270 e. The SMILES string of the molecule is Cc1nc2c(C)cccn2c1C(=O)NCCCC(=O)Nc1nnc(C2CCCCC2)s1. The molecule has 1 aliphatic rings. The van der Waals surface area contributed by atoms with Crippen LogP contribution >= 0.6 is 11.3 Å². The van der Waals surface area contributed by atoms with Crippen molar-refractivity contribution in [1.82, 2.24) is 24.9 Å². The van der Waals surface area contributed by atoms with Gasteiger partial charge in [-0.1, -0.05) is 36.7 Å². The topological polar surface area (TPSA) is 101 Å². The molecule has 31 heavy (non-hydrogen) atoms. The van der Waals surface area contributed by atoms with E-state index < -0.39 is 0 Å². The van der Waals surface area contributed by atoms with Crippen LogP contribution in [0.2, 0.25) is 0 Å². The van der Waals surface area contributed by atoms with Crippen LogP contribution in [0, 0.1) is 13.8 Å². The first-order valence-corrected chi connectivity index (χ1v) is 11.7. The quantitative estimate of drug-likeness (QED) is 0.541. The van der Waals surface area contributed by atoms with Crippen LogP contribution in [0.5, 0.6) is 0 Å². The van der Waals surface area contributed by atoms with Crippen molar-refractivity contribution in [3.8, 4) is 0 Å². The number of hydrogen-bond donors (Lipinski definition) is 2. The minimum Gasteiger partial charge on any atom is -0.351 e. The van der Waals surface area contributed by atoms with Crippen molar-refractivity contribution in [3.63, 3.8) is 0 Å². The number of aryl methyl sites for hydroxylation is 2. The molecule has 0 aliphatic heterocycles. The van der Waals surface area contributed by atoms with Crippen LogP contribution in [0.15, 0.2) is 18.3 Å². The van der Waals surface area contributed by atoms with Gasteiger partial charge in [-0.3, -0.25) is 14.0 Å². The van der Waals surface area contributed by atoms with E-state index in [1.165, 1.54) is 30.6 Å². The molecule has 0 bridgehead atoms. The molecule has 2 amide bonds. The second-order valence-corrected chi connectivity index (χ2v) is 9.13. The van der Waals surface area contributed by atoms with Gasteiger partial charge in [0.15, 0.2) is 0 Å². The summed E-state index contributed by atoms with van der Waals surface area (Å²) in [5.41, 5.74) is 3.03.